The molecule has 0 saturated carbocycles. The molecule has 2 heteroatoms. The Hall–Kier alpha value is -2.06. The molecule has 21 heavy (non-hydrogen) atoms. The van der Waals surface area contributed by atoms with Gasteiger partial charge in [0.05, 0.1) is 12.3 Å². The maximum absolute atomic E-state index is 5.66. The molecular formula is C19H21NO. The third-order valence-electron chi connectivity index (χ3n) is 3.84. The number of ether oxygens (including phenoxy) is 1. The molecule has 1 unspecified atom stereocenters. The van der Waals surface area contributed by atoms with Crippen LogP contribution in [0, 0.1) is 0 Å². The van der Waals surface area contributed by atoms with Crippen molar-refractivity contribution in [3.05, 3.63) is 84.1 Å². The first-order valence-electron chi connectivity index (χ1n) is 7.57. The lowest BCUT2D eigenvalue weighted by Gasteiger charge is -2.25. The summed E-state index contributed by atoms with van der Waals surface area (Å²) in [7, 11) is 0. The Bertz CT molecular complexity index is 525. The zero-order chi connectivity index (χ0) is 14.3. The molecule has 1 N–H and O–H groups in total. The molecule has 0 aromatic heterocycles. The van der Waals surface area contributed by atoms with E-state index in [1.54, 1.807) is 0 Å². The summed E-state index contributed by atoms with van der Waals surface area (Å²) in [6, 6.07) is 21.4. The van der Waals surface area contributed by atoms with Gasteiger partial charge in [0, 0.05) is 6.54 Å². The third-order valence-corrected chi connectivity index (χ3v) is 3.84. The van der Waals surface area contributed by atoms with Gasteiger partial charge in [0.1, 0.15) is 6.10 Å². The predicted octanol–water partition coefficient (Wildman–Crippen LogP) is 4.06. The SMILES string of the molecule is C1=COC(CNC(c2ccccc2)c2ccccc2)CC1. The molecule has 1 aliphatic rings. The third kappa shape index (κ3) is 3.73. The highest BCUT2D eigenvalue weighted by atomic mass is 16.5. The zero-order valence-electron chi connectivity index (χ0n) is 12.1. The van der Waals surface area contributed by atoms with E-state index in [2.05, 4.69) is 72.1 Å². The van der Waals surface area contributed by atoms with Crippen molar-refractivity contribution in [1.29, 1.82) is 0 Å². The van der Waals surface area contributed by atoms with Crippen LogP contribution in [0.1, 0.15) is 30.0 Å². The van der Waals surface area contributed by atoms with Crippen LogP contribution in [0.3, 0.4) is 0 Å². The van der Waals surface area contributed by atoms with E-state index < -0.39 is 0 Å². The molecule has 0 radical (unpaired) electrons. The largest absolute Gasteiger partial charge is 0.497 e. The molecule has 0 bridgehead atoms. The quantitative estimate of drug-likeness (QED) is 0.891. The van der Waals surface area contributed by atoms with Gasteiger partial charge in [0.25, 0.3) is 0 Å². The molecule has 0 spiro atoms. The summed E-state index contributed by atoms with van der Waals surface area (Å²) in [5, 5.41) is 3.66. The van der Waals surface area contributed by atoms with E-state index in [1.165, 1.54) is 11.1 Å². The fourth-order valence-corrected chi connectivity index (χ4v) is 2.70. The molecule has 0 saturated heterocycles. The van der Waals surface area contributed by atoms with Crippen LogP contribution in [0.2, 0.25) is 0 Å². The molecule has 2 aromatic rings. The van der Waals surface area contributed by atoms with Crippen LogP contribution in [0.5, 0.6) is 0 Å². The molecule has 3 rings (SSSR count). The minimum absolute atomic E-state index is 0.210. The second-order valence-corrected chi connectivity index (χ2v) is 5.37. The fraction of sp³-hybridized carbons (Fsp3) is 0.263. The Morgan fingerprint density at radius 1 is 0.952 bits per heavy atom. The minimum atomic E-state index is 0.210. The van der Waals surface area contributed by atoms with E-state index in [0.717, 1.165) is 19.4 Å². The van der Waals surface area contributed by atoms with E-state index in [9.17, 15) is 0 Å². The normalized spacial score (nSPS) is 17.7. The molecule has 0 aliphatic carbocycles. The molecule has 1 aliphatic heterocycles. The summed E-state index contributed by atoms with van der Waals surface area (Å²) in [5.74, 6) is 0. The van der Waals surface area contributed by atoms with E-state index in [1.807, 2.05) is 6.26 Å². The number of benzene rings is 2. The monoisotopic (exact) mass is 279 g/mol. The Balaban J connectivity index is 1.75. The average molecular weight is 279 g/mol. The summed E-state index contributed by atoms with van der Waals surface area (Å²) < 4.78 is 5.66. The van der Waals surface area contributed by atoms with Crippen molar-refractivity contribution in [2.45, 2.75) is 25.0 Å². The van der Waals surface area contributed by atoms with Gasteiger partial charge in [-0.05, 0) is 30.0 Å². The Morgan fingerprint density at radius 2 is 1.57 bits per heavy atom. The molecule has 0 fully saturated rings. The molecular weight excluding hydrogens is 258 g/mol. The lowest BCUT2D eigenvalue weighted by molar-refractivity contribution is 0.120. The summed E-state index contributed by atoms with van der Waals surface area (Å²) in [6.45, 7) is 0.860. The van der Waals surface area contributed by atoms with E-state index in [-0.39, 0.29) is 12.1 Å². The van der Waals surface area contributed by atoms with Crippen molar-refractivity contribution < 1.29 is 4.74 Å². The van der Waals surface area contributed by atoms with Gasteiger partial charge in [-0.3, -0.25) is 0 Å². The molecule has 2 aromatic carbocycles. The lowest BCUT2D eigenvalue weighted by atomic mass is 9.98. The van der Waals surface area contributed by atoms with Crippen LogP contribution in [0.4, 0.5) is 0 Å². The van der Waals surface area contributed by atoms with E-state index >= 15 is 0 Å². The van der Waals surface area contributed by atoms with Crippen LogP contribution in [-0.4, -0.2) is 12.6 Å². The zero-order valence-corrected chi connectivity index (χ0v) is 12.1. The summed E-state index contributed by atoms with van der Waals surface area (Å²) >= 11 is 0. The van der Waals surface area contributed by atoms with Gasteiger partial charge in [0.2, 0.25) is 0 Å². The van der Waals surface area contributed by atoms with Crippen molar-refractivity contribution in [2.75, 3.05) is 6.54 Å². The molecule has 0 amide bonds. The number of hydrogen-bond donors (Lipinski definition) is 1. The fourth-order valence-electron chi connectivity index (χ4n) is 2.70. The van der Waals surface area contributed by atoms with Crippen LogP contribution >= 0.6 is 0 Å². The summed E-state index contributed by atoms with van der Waals surface area (Å²) in [4.78, 5) is 0. The topological polar surface area (TPSA) is 21.3 Å². The van der Waals surface area contributed by atoms with Crippen LogP contribution < -0.4 is 5.32 Å². The Morgan fingerprint density at radius 3 is 2.10 bits per heavy atom. The standard InChI is InChI=1S/C19H21NO/c1-3-9-16(10-4-1)19(17-11-5-2-6-12-17)20-15-18-13-7-8-14-21-18/h1-6,8-12,14,18-20H,7,13,15H2. The van der Waals surface area contributed by atoms with E-state index in [0.29, 0.717) is 0 Å². The lowest BCUT2D eigenvalue weighted by Crippen LogP contribution is -2.32. The molecule has 1 heterocycles. The highest BCUT2D eigenvalue weighted by Crippen LogP contribution is 2.22. The average Bonchev–Trinajstić information content (AvgIpc) is 2.58. The van der Waals surface area contributed by atoms with Crippen molar-refractivity contribution in [3.63, 3.8) is 0 Å². The first-order chi connectivity index (χ1) is 10.4. The van der Waals surface area contributed by atoms with Gasteiger partial charge in [-0.25, -0.2) is 0 Å². The second-order valence-electron chi connectivity index (χ2n) is 5.37. The van der Waals surface area contributed by atoms with Crippen molar-refractivity contribution in [2.24, 2.45) is 0 Å². The minimum Gasteiger partial charge on any atom is -0.497 e. The Kier molecular flexibility index (Phi) is 4.70. The van der Waals surface area contributed by atoms with Crippen LogP contribution in [-0.2, 0) is 4.74 Å². The maximum Gasteiger partial charge on any atom is 0.110 e. The number of nitrogens with one attached hydrogen (secondary N) is 1. The van der Waals surface area contributed by atoms with Crippen LogP contribution in [0.15, 0.2) is 73.0 Å². The maximum atomic E-state index is 5.66. The summed E-state index contributed by atoms with van der Waals surface area (Å²) in [6.07, 6.45) is 6.37. The second kappa shape index (κ2) is 7.09. The smallest absolute Gasteiger partial charge is 0.110 e. The van der Waals surface area contributed by atoms with E-state index in [4.69, 9.17) is 4.74 Å². The van der Waals surface area contributed by atoms with Gasteiger partial charge in [-0.1, -0.05) is 60.7 Å². The van der Waals surface area contributed by atoms with Gasteiger partial charge in [-0.2, -0.15) is 0 Å². The Labute approximate surface area is 126 Å². The highest BCUT2D eigenvalue weighted by Gasteiger charge is 2.17. The van der Waals surface area contributed by atoms with Crippen molar-refractivity contribution >= 4 is 0 Å². The first-order valence-corrected chi connectivity index (χ1v) is 7.57. The molecule has 108 valence electrons. The van der Waals surface area contributed by atoms with Gasteiger partial charge in [0.15, 0.2) is 0 Å². The van der Waals surface area contributed by atoms with Crippen LogP contribution in [0.25, 0.3) is 0 Å². The molecule has 1 atom stereocenters. The van der Waals surface area contributed by atoms with Gasteiger partial charge >= 0.3 is 0 Å². The van der Waals surface area contributed by atoms with Crippen molar-refractivity contribution in [3.8, 4) is 0 Å². The van der Waals surface area contributed by atoms with Crippen molar-refractivity contribution in [1.82, 2.24) is 5.32 Å². The summed E-state index contributed by atoms with van der Waals surface area (Å²) in [5.41, 5.74) is 2.57. The number of rotatable bonds is 5. The first kappa shape index (κ1) is 13.9. The molecule has 2 nitrogen and oxygen atoms in total. The van der Waals surface area contributed by atoms with Gasteiger partial charge in [-0.15, -0.1) is 0 Å². The highest BCUT2D eigenvalue weighted by molar-refractivity contribution is 5.31. The number of allylic oxidation sites excluding steroid dienone is 1. The predicted molar refractivity (Wildman–Crippen MR) is 86.0 cm³/mol. The van der Waals surface area contributed by atoms with Gasteiger partial charge < -0.3 is 10.1 Å². The number of hydrogen-bond acceptors (Lipinski definition) is 2.